The summed E-state index contributed by atoms with van der Waals surface area (Å²) in [4.78, 5) is 13.4. The number of rotatable bonds is 6. The summed E-state index contributed by atoms with van der Waals surface area (Å²) in [6.45, 7) is 1.62. The maximum atomic E-state index is 13.4. The van der Waals surface area contributed by atoms with E-state index < -0.39 is 5.92 Å². The van der Waals surface area contributed by atoms with E-state index in [9.17, 15) is 15.2 Å². The molecule has 0 fully saturated rings. The Morgan fingerprint density at radius 2 is 1.93 bits per heavy atom. The van der Waals surface area contributed by atoms with Crippen LogP contribution in [0.25, 0.3) is 0 Å². The number of allylic oxidation sites excluding steroid dienone is 1. The second-order valence-corrected chi connectivity index (χ2v) is 6.59. The predicted molar refractivity (Wildman–Crippen MR) is 108 cm³/mol. The highest BCUT2D eigenvalue weighted by Crippen LogP contribution is 2.48. The highest BCUT2D eigenvalue weighted by molar-refractivity contribution is 5.64. The van der Waals surface area contributed by atoms with Gasteiger partial charge >= 0.3 is 0 Å². The molecule has 9 nitrogen and oxygen atoms in total. The minimum absolute atomic E-state index is 0.0736. The van der Waals surface area contributed by atoms with Crippen LogP contribution in [0.5, 0.6) is 23.0 Å². The molecule has 0 radical (unpaired) electrons. The summed E-state index contributed by atoms with van der Waals surface area (Å²) in [7, 11) is 4.42. The third-order valence-electron chi connectivity index (χ3n) is 5.06. The summed E-state index contributed by atoms with van der Waals surface area (Å²) in [5, 5.41) is 19.2. The number of aliphatic hydroxyl groups excluding tert-OH is 1. The van der Waals surface area contributed by atoms with Crippen LogP contribution in [0.1, 0.15) is 22.7 Å². The number of benzene rings is 1. The van der Waals surface area contributed by atoms with Gasteiger partial charge in [0.2, 0.25) is 11.6 Å². The normalized spacial score (nSPS) is 15.1. The molecule has 1 aliphatic heterocycles. The van der Waals surface area contributed by atoms with Gasteiger partial charge in [-0.05, 0) is 13.0 Å². The van der Waals surface area contributed by atoms with Crippen molar-refractivity contribution in [2.45, 2.75) is 19.4 Å². The molecule has 0 amide bonds. The van der Waals surface area contributed by atoms with E-state index in [1.807, 2.05) is 0 Å². The van der Waals surface area contributed by atoms with E-state index >= 15 is 0 Å². The number of aliphatic hydroxyl groups is 1. The van der Waals surface area contributed by atoms with E-state index in [0.29, 0.717) is 28.5 Å². The second kappa shape index (κ2) is 8.39. The first-order valence-electron chi connectivity index (χ1n) is 9.15. The Hall–Kier alpha value is -3.64. The molecule has 2 heterocycles. The van der Waals surface area contributed by atoms with Gasteiger partial charge in [-0.3, -0.25) is 4.79 Å². The molecule has 2 aromatic rings. The summed E-state index contributed by atoms with van der Waals surface area (Å²) in [5.74, 6) is 0.373. The number of ether oxygens (including phenoxy) is 4. The monoisotopic (exact) mass is 413 g/mol. The van der Waals surface area contributed by atoms with E-state index in [0.717, 1.165) is 0 Å². The Bertz CT molecular complexity index is 1110. The van der Waals surface area contributed by atoms with Crippen LogP contribution in [0.15, 0.2) is 34.4 Å². The number of fused-ring (bicyclic) bond motifs is 1. The Labute approximate surface area is 173 Å². The van der Waals surface area contributed by atoms with E-state index in [1.165, 1.54) is 25.9 Å². The molecular weight excluding hydrogens is 390 g/mol. The highest BCUT2D eigenvalue weighted by Gasteiger charge is 2.37. The topological polar surface area (TPSA) is 129 Å². The summed E-state index contributed by atoms with van der Waals surface area (Å²) in [6.07, 6.45) is 0. The van der Waals surface area contributed by atoms with E-state index in [2.05, 4.69) is 6.07 Å². The Balaban J connectivity index is 2.40. The standard InChI is InChI=1S/C21H23N3O6/c1-11-9-15-17(21(26)24(11)7-8-25)16(13(10-22)20(23)30-15)12-5-6-14(27-2)19(29-4)18(12)28-3/h5-6,9,16,25H,7-8,23H2,1-4H3/t16-/m0/s1. The van der Waals surface area contributed by atoms with Crippen LogP contribution >= 0.6 is 0 Å². The third-order valence-corrected chi connectivity index (χ3v) is 5.06. The van der Waals surface area contributed by atoms with Crippen molar-refractivity contribution in [1.82, 2.24) is 4.57 Å². The summed E-state index contributed by atoms with van der Waals surface area (Å²) in [6, 6.07) is 7.08. The minimum Gasteiger partial charge on any atom is -0.493 e. The predicted octanol–water partition coefficient (Wildman–Crippen LogP) is 1.39. The van der Waals surface area contributed by atoms with Gasteiger partial charge in [-0.25, -0.2) is 0 Å². The maximum Gasteiger partial charge on any atom is 0.258 e. The van der Waals surface area contributed by atoms with Crippen molar-refractivity contribution in [3.8, 4) is 29.1 Å². The van der Waals surface area contributed by atoms with Gasteiger partial charge in [-0.1, -0.05) is 6.07 Å². The number of hydrogen-bond acceptors (Lipinski definition) is 8. The average Bonchev–Trinajstić information content (AvgIpc) is 2.74. The molecule has 158 valence electrons. The number of nitrogens with two attached hydrogens (primary N) is 1. The quantitative estimate of drug-likeness (QED) is 0.727. The van der Waals surface area contributed by atoms with Gasteiger partial charge in [0.15, 0.2) is 11.5 Å². The second-order valence-electron chi connectivity index (χ2n) is 6.59. The number of pyridine rings is 1. The van der Waals surface area contributed by atoms with E-state index in [4.69, 9.17) is 24.7 Å². The summed E-state index contributed by atoms with van der Waals surface area (Å²) in [5.41, 5.74) is 7.04. The molecule has 1 atom stereocenters. The molecule has 0 aliphatic carbocycles. The zero-order chi connectivity index (χ0) is 22.0. The van der Waals surface area contributed by atoms with Gasteiger partial charge in [0.25, 0.3) is 5.56 Å². The molecule has 3 rings (SSSR count). The zero-order valence-electron chi connectivity index (χ0n) is 17.2. The molecule has 0 saturated heterocycles. The SMILES string of the molecule is COc1ccc([C@H]2C(C#N)=C(N)Oc3cc(C)n(CCO)c(=O)c32)c(OC)c1OC. The lowest BCUT2D eigenvalue weighted by Gasteiger charge is -2.28. The molecule has 1 aromatic heterocycles. The van der Waals surface area contributed by atoms with E-state index in [1.54, 1.807) is 25.1 Å². The smallest absolute Gasteiger partial charge is 0.258 e. The number of methoxy groups -OCH3 is 3. The van der Waals surface area contributed by atoms with Crippen LogP contribution in [0.3, 0.4) is 0 Å². The lowest BCUT2D eigenvalue weighted by atomic mass is 9.83. The largest absolute Gasteiger partial charge is 0.493 e. The van der Waals surface area contributed by atoms with Crippen molar-refractivity contribution in [3.63, 3.8) is 0 Å². The van der Waals surface area contributed by atoms with Gasteiger partial charge < -0.3 is 34.4 Å². The molecule has 1 aromatic carbocycles. The number of hydrogen-bond donors (Lipinski definition) is 2. The van der Waals surface area contributed by atoms with Crippen LogP contribution in [-0.2, 0) is 6.54 Å². The highest BCUT2D eigenvalue weighted by atomic mass is 16.5. The first-order valence-corrected chi connectivity index (χ1v) is 9.15. The van der Waals surface area contributed by atoms with Gasteiger partial charge in [0, 0.05) is 23.9 Å². The molecule has 0 unspecified atom stereocenters. The van der Waals surface area contributed by atoms with E-state index in [-0.39, 0.29) is 41.5 Å². The van der Waals surface area contributed by atoms with Crippen molar-refractivity contribution in [1.29, 1.82) is 5.26 Å². The van der Waals surface area contributed by atoms with Gasteiger partial charge in [-0.2, -0.15) is 5.26 Å². The fourth-order valence-corrected chi connectivity index (χ4v) is 3.73. The van der Waals surface area contributed by atoms with Crippen LogP contribution in [-0.4, -0.2) is 37.6 Å². The Morgan fingerprint density at radius 3 is 2.50 bits per heavy atom. The van der Waals surface area contributed by atoms with Gasteiger partial charge in [0.1, 0.15) is 17.4 Å². The number of aryl methyl sites for hydroxylation is 1. The molecule has 3 N–H and O–H groups in total. The fraction of sp³-hybridized carbons (Fsp3) is 0.333. The van der Waals surface area contributed by atoms with Crippen molar-refractivity contribution < 1.29 is 24.1 Å². The first-order chi connectivity index (χ1) is 14.4. The number of aromatic nitrogens is 1. The maximum absolute atomic E-state index is 13.4. The Kier molecular flexibility index (Phi) is 5.89. The molecule has 0 spiro atoms. The van der Waals surface area contributed by atoms with Crippen molar-refractivity contribution >= 4 is 0 Å². The molecule has 9 heteroatoms. The van der Waals surface area contributed by atoms with Crippen LogP contribution in [0, 0.1) is 18.3 Å². The number of nitrogens with zero attached hydrogens (tertiary/aromatic N) is 2. The molecule has 30 heavy (non-hydrogen) atoms. The van der Waals surface area contributed by atoms with Crippen LogP contribution in [0.2, 0.25) is 0 Å². The zero-order valence-corrected chi connectivity index (χ0v) is 17.2. The van der Waals surface area contributed by atoms with Gasteiger partial charge in [0.05, 0.1) is 39.4 Å². The average molecular weight is 413 g/mol. The van der Waals surface area contributed by atoms with Crippen molar-refractivity contribution in [3.05, 3.63) is 56.8 Å². The van der Waals surface area contributed by atoms with Crippen molar-refractivity contribution in [2.75, 3.05) is 27.9 Å². The number of nitriles is 1. The summed E-state index contributed by atoms with van der Waals surface area (Å²) >= 11 is 0. The summed E-state index contributed by atoms with van der Waals surface area (Å²) < 4.78 is 23.4. The molecule has 1 aliphatic rings. The lowest BCUT2D eigenvalue weighted by molar-refractivity contribution is 0.271. The lowest BCUT2D eigenvalue weighted by Crippen LogP contribution is -2.33. The Morgan fingerprint density at radius 1 is 1.23 bits per heavy atom. The fourth-order valence-electron chi connectivity index (χ4n) is 3.73. The molecule has 0 saturated carbocycles. The van der Waals surface area contributed by atoms with Crippen LogP contribution in [0.4, 0.5) is 0 Å². The van der Waals surface area contributed by atoms with Gasteiger partial charge in [-0.15, -0.1) is 0 Å². The molecular formula is C21H23N3O6. The van der Waals surface area contributed by atoms with Crippen LogP contribution < -0.4 is 30.2 Å². The molecule has 0 bridgehead atoms. The minimum atomic E-state index is -0.855. The first kappa shape index (κ1) is 21.1. The third kappa shape index (κ3) is 3.21. The van der Waals surface area contributed by atoms with Crippen molar-refractivity contribution in [2.24, 2.45) is 5.73 Å².